The van der Waals surface area contributed by atoms with Crippen LogP contribution in [0.4, 0.5) is 5.69 Å². The van der Waals surface area contributed by atoms with Crippen molar-refractivity contribution < 1.29 is 4.74 Å². The van der Waals surface area contributed by atoms with Crippen molar-refractivity contribution in [3.8, 4) is 11.8 Å². The zero-order chi connectivity index (χ0) is 14.5. The highest BCUT2D eigenvalue weighted by molar-refractivity contribution is 14.1. The Morgan fingerprint density at radius 3 is 3.00 bits per heavy atom. The zero-order valence-corrected chi connectivity index (χ0v) is 13.9. The summed E-state index contributed by atoms with van der Waals surface area (Å²) < 4.78 is 7.17. The minimum Gasteiger partial charge on any atom is -0.493 e. The van der Waals surface area contributed by atoms with Crippen molar-refractivity contribution in [2.45, 2.75) is 0 Å². The molecule has 0 saturated carbocycles. The molecule has 7 nitrogen and oxygen atoms in total. The predicted octanol–water partition coefficient (Wildman–Crippen LogP) is 2.55. The number of nitrogens with one attached hydrogen (secondary N) is 2. The second-order valence-corrected chi connectivity index (χ2v) is 5.60. The van der Waals surface area contributed by atoms with Gasteiger partial charge in [-0.05, 0) is 39.9 Å². The Morgan fingerprint density at radius 1 is 1.60 bits per heavy atom. The summed E-state index contributed by atoms with van der Waals surface area (Å²) in [6.07, 6.45) is 1.51. The van der Waals surface area contributed by atoms with Gasteiger partial charge in [0.05, 0.1) is 16.4 Å². The molecule has 0 unspecified atom stereocenters. The fraction of sp³-hybridized carbons (Fsp3) is 0.0909. The molecule has 20 heavy (non-hydrogen) atoms. The number of rotatable bonds is 4. The SMILES string of the molecule is COc1c(I)cc(Br)cc1NC=C(C#N)c1nn[nH]n1. The standard InChI is InChI=1S/C11H8BrIN6O/c1-20-10-8(13)2-7(12)3-9(10)15-5-6(4-14)11-16-18-19-17-11/h2-3,5,15H,1H3,(H,16,17,18,19). The van der Waals surface area contributed by atoms with Crippen LogP contribution in [0.1, 0.15) is 5.82 Å². The first-order valence-corrected chi connectivity index (χ1v) is 7.16. The van der Waals surface area contributed by atoms with Crippen LogP contribution < -0.4 is 10.1 Å². The van der Waals surface area contributed by atoms with Crippen molar-refractivity contribution in [3.05, 3.63) is 32.2 Å². The number of ether oxygens (including phenoxy) is 1. The first kappa shape index (κ1) is 14.7. The minimum atomic E-state index is 0.226. The molecule has 0 amide bonds. The van der Waals surface area contributed by atoms with Crippen molar-refractivity contribution in [1.29, 1.82) is 5.26 Å². The van der Waals surface area contributed by atoms with Crippen molar-refractivity contribution >= 4 is 49.8 Å². The molecular weight excluding hydrogens is 439 g/mol. The van der Waals surface area contributed by atoms with Gasteiger partial charge in [-0.3, -0.25) is 0 Å². The minimum absolute atomic E-state index is 0.226. The van der Waals surface area contributed by atoms with Gasteiger partial charge in [-0.2, -0.15) is 10.5 Å². The third kappa shape index (κ3) is 3.26. The smallest absolute Gasteiger partial charge is 0.216 e. The normalized spacial score (nSPS) is 11.0. The molecule has 9 heteroatoms. The number of halogens is 2. The zero-order valence-electron chi connectivity index (χ0n) is 10.2. The molecule has 0 aliphatic rings. The third-order valence-electron chi connectivity index (χ3n) is 2.29. The van der Waals surface area contributed by atoms with Crippen molar-refractivity contribution in [2.24, 2.45) is 0 Å². The summed E-state index contributed by atoms with van der Waals surface area (Å²) in [5.74, 6) is 0.916. The lowest BCUT2D eigenvalue weighted by Gasteiger charge is -2.11. The van der Waals surface area contributed by atoms with Crippen LogP contribution in [0, 0.1) is 14.9 Å². The van der Waals surface area contributed by atoms with E-state index in [2.05, 4.69) is 64.5 Å². The Bertz CT molecular complexity index is 679. The number of nitrogens with zero attached hydrogens (tertiary/aromatic N) is 4. The van der Waals surface area contributed by atoms with Crippen LogP contribution in [0.5, 0.6) is 5.75 Å². The predicted molar refractivity (Wildman–Crippen MR) is 84.8 cm³/mol. The molecule has 1 aromatic carbocycles. The number of tetrazole rings is 1. The molecule has 1 aromatic heterocycles. The van der Waals surface area contributed by atoms with Gasteiger partial charge in [0.15, 0.2) is 5.75 Å². The van der Waals surface area contributed by atoms with Gasteiger partial charge in [-0.25, -0.2) is 0 Å². The maximum Gasteiger partial charge on any atom is 0.216 e. The number of hydrogen-bond acceptors (Lipinski definition) is 6. The maximum atomic E-state index is 9.09. The van der Waals surface area contributed by atoms with E-state index >= 15 is 0 Å². The number of H-pyrrole nitrogens is 1. The molecule has 0 saturated heterocycles. The number of nitriles is 1. The van der Waals surface area contributed by atoms with E-state index in [9.17, 15) is 0 Å². The van der Waals surface area contributed by atoms with E-state index < -0.39 is 0 Å². The first-order chi connectivity index (χ1) is 9.65. The Labute approximate surface area is 136 Å². The summed E-state index contributed by atoms with van der Waals surface area (Å²) in [4.78, 5) is 0. The van der Waals surface area contributed by atoms with E-state index in [0.717, 1.165) is 13.7 Å². The van der Waals surface area contributed by atoms with Gasteiger partial charge in [0.2, 0.25) is 5.82 Å². The van der Waals surface area contributed by atoms with Crippen molar-refractivity contribution in [1.82, 2.24) is 20.6 Å². The van der Waals surface area contributed by atoms with E-state index in [4.69, 9.17) is 10.00 Å². The third-order valence-corrected chi connectivity index (χ3v) is 3.55. The Hall–Kier alpha value is -1.67. The number of methoxy groups -OCH3 is 1. The highest BCUT2D eigenvalue weighted by Crippen LogP contribution is 2.33. The lowest BCUT2D eigenvalue weighted by molar-refractivity contribution is 0.414. The van der Waals surface area contributed by atoms with Crippen LogP contribution in [0.3, 0.4) is 0 Å². The number of allylic oxidation sites excluding steroid dienone is 1. The van der Waals surface area contributed by atoms with Gasteiger partial charge >= 0.3 is 0 Å². The summed E-state index contributed by atoms with van der Waals surface area (Å²) in [6, 6.07) is 5.78. The second kappa shape index (κ2) is 6.67. The molecule has 102 valence electrons. The van der Waals surface area contributed by atoms with Gasteiger partial charge < -0.3 is 10.1 Å². The average Bonchev–Trinajstić information content (AvgIpc) is 2.93. The fourth-order valence-corrected chi connectivity index (χ4v) is 3.18. The quantitative estimate of drug-likeness (QED) is 0.553. The molecule has 0 aliphatic heterocycles. The molecule has 2 aromatic rings. The number of hydrogen-bond donors (Lipinski definition) is 2. The van der Waals surface area contributed by atoms with Crippen LogP contribution in [0.15, 0.2) is 22.8 Å². The highest BCUT2D eigenvalue weighted by Gasteiger charge is 2.10. The Balaban J connectivity index is 2.33. The lowest BCUT2D eigenvalue weighted by atomic mass is 10.2. The number of benzene rings is 1. The Kier molecular flexibility index (Phi) is 4.91. The largest absolute Gasteiger partial charge is 0.493 e. The maximum absolute atomic E-state index is 9.09. The molecule has 0 fully saturated rings. The first-order valence-electron chi connectivity index (χ1n) is 5.29. The van der Waals surface area contributed by atoms with Gasteiger partial charge in [-0.15, -0.1) is 10.2 Å². The van der Waals surface area contributed by atoms with Gasteiger partial charge in [0, 0.05) is 10.7 Å². The van der Waals surface area contributed by atoms with E-state index in [1.807, 2.05) is 18.2 Å². The topological polar surface area (TPSA) is 99.5 Å². The fourth-order valence-electron chi connectivity index (χ4n) is 1.45. The number of anilines is 1. The molecule has 0 radical (unpaired) electrons. The molecule has 0 aliphatic carbocycles. The molecule has 1 heterocycles. The van der Waals surface area contributed by atoms with E-state index in [1.165, 1.54) is 6.20 Å². The van der Waals surface area contributed by atoms with Crippen LogP contribution in [-0.2, 0) is 0 Å². The van der Waals surface area contributed by atoms with E-state index in [1.54, 1.807) is 7.11 Å². The summed E-state index contributed by atoms with van der Waals surface area (Å²) in [7, 11) is 1.59. The van der Waals surface area contributed by atoms with Gasteiger partial charge in [-0.1, -0.05) is 15.9 Å². The summed E-state index contributed by atoms with van der Waals surface area (Å²) in [6.45, 7) is 0. The molecule has 2 rings (SSSR count). The monoisotopic (exact) mass is 446 g/mol. The second-order valence-electron chi connectivity index (χ2n) is 3.52. The number of aromatic amines is 1. The summed E-state index contributed by atoms with van der Waals surface area (Å²) in [5.41, 5.74) is 0.985. The van der Waals surface area contributed by atoms with E-state index in [0.29, 0.717) is 5.75 Å². The van der Waals surface area contributed by atoms with Crippen molar-refractivity contribution in [3.63, 3.8) is 0 Å². The molecular formula is C11H8BrIN6O. The molecule has 0 spiro atoms. The lowest BCUT2D eigenvalue weighted by Crippen LogP contribution is -1.97. The Morgan fingerprint density at radius 2 is 2.40 bits per heavy atom. The van der Waals surface area contributed by atoms with Gasteiger partial charge in [0.25, 0.3) is 0 Å². The van der Waals surface area contributed by atoms with Crippen LogP contribution in [0.2, 0.25) is 0 Å². The van der Waals surface area contributed by atoms with E-state index in [-0.39, 0.29) is 11.4 Å². The van der Waals surface area contributed by atoms with Crippen LogP contribution in [-0.4, -0.2) is 27.7 Å². The van der Waals surface area contributed by atoms with Crippen molar-refractivity contribution in [2.75, 3.05) is 12.4 Å². The average molecular weight is 447 g/mol. The van der Waals surface area contributed by atoms with Crippen LogP contribution in [0.25, 0.3) is 5.57 Å². The molecule has 0 bridgehead atoms. The summed E-state index contributed by atoms with van der Waals surface area (Å²) in [5, 5.41) is 25.3. The van der Waals surface area contributed by atoms with Crippen LogP contribution >= 0.6 is 38.5 Å². The highest BCUT2D eigenvalue weighted by atomic mass is 127. The van der Waals surface area contributed by atoms with Gasteiger partial charge in [0.1, 0.15) is 11.6 Å². The molecule has 0 atom stereocenters. The summed E-state index contributed by atoms with van der Waals surface area (Å²) >= 11 is 5.58. The number of aromatic nitrogens is 4. The molecule has 2 N–H and O–H groups in total.